The van der Waals surface area contributed by atoms with Crippen LogP contribution in [-0.2, 0) is 9.53 Å². The van der Waals surface area contributed by atoms with Crippen LogP contribution in [0, 0.1) is 0 Å². The fourth-order valence-electron chi connectivity index (χ4n) is 0.957. The Hall–Kier alpha value is -2.17. The van der Waals surface area contributed by atoms with Gasteiger partial charge in [0, 0.05) is 18.5 Å². The summed E-state index contributed by atoms with van der Waals surface area (Å²) in [5.74, 6) is -1.03. The second-order valence-electron chi connectivity index (χ2n) is 2.73. The molecule has 0 saturated heterocycles. The quantitative estimate of drug-likeness (QED) is 0.572. The number of carbonyl (C=O) groups excluding carboxylic acids is 2. The van der Waals surface area contributed by atoms with Crippen molar-refractivity contribution in [3.63, 3.8) is 0 Å². The molecule has 0 spiro atoms. The summed E-state index contributed by atoms with van der Waals surface area (Å²) in [6, 6.07) is 1.55. The summed E-state index contributed by atoms with van der Waals surface area (Å²) in [7, 11) is 1.29. The maximum atomic E-state index is 11.1. The highest BCUT2D eigenvalue weighted by atomic mass is 16.5. The zero-order valence-electron chi connectivity index (χ0n) is 8.14. The Morgan fingerprint density at radius 3 is 2.80 bits per heavy atom. The summed E-state index contributed by atoms with van der Waals surface area (Å²) < 4.78 is 4.52. The van der Waals surface area contributed by atoms with Crippen molar-refractivity contribution in [2.24, 2.45) is 5.73 Å². The van der Waals surface area contributed by atoms with Crippen LogP contribution >= 0.6 is 0 Å². The van der Waals surface area contributed by atoms with Gasteiger partial charge in [0.15, 0.2) is 0 Å². The molecule has 1 aromatic rings. The van der Waals surface area contributed by atoms with Crippen LogP contribution in [0.2, 0.25) is 0 Å². The molecule has 5 nitrogen and oxygen atoms in total. The third-order valence-corrected chi connectivity index (χ3v) is 1.62. The molecule has 0 atom stereocenters. The lowest BCUT2D eigenvalue weighted by Gasteiger charge is -1.98. The van der Waals surface area contributed by atoms with Crippen molar-refractivity contribution in [1.82, 2.24) is 4.98 Å². The van der Waals surface area contributed by atoms with E-state index in [1.54, 1.807) is 6.07 Å². The van der Waals surface area contributed by atoms with Crippen LogP contribution in [0.5, 0.6) is 0 Å². The average molecular weight is 206 g/mol. The summed E-state index contributed by atoms with van der Waals surface area (Å²) in [5, 5.41) is 0. The van der Waals surface area contributed by atoms with Crippen molar-refractivity contribution in [3.05, 3.63) is 35.7 Å². The molecule has 1 rings (SSSR count). The lowest BCUT2D eigenvalue weighted by molar-refractivity contribution is -0.113. The number of ether oxygens (including phenoxy) is 1. The number of hydrogen-bond acceptors (Lipinski definition) is 4. The molecule has 0 aromatic carbocycles. The zero-order valence-corrected chi connectivity index (χ0v) is 8.14. The number of nitrogens with two attached hydrogens (primary N) is 1. The normalized spacial score (nSPS) is 10.2. The minimum atomic E-state index is -0.557. The predicted molar refractivity (Wildman–Crippen MR) is 53.8 cm³/mol. The number of nitrogens with zero attached hydrogens (tertiary/aromatic N) is 1. The number of carbonyl (C=O) groups is 2. The van der Waals surface area contributed by atoms with Crippen LogP contribution in [0.1, 0.15) is 15.9 Å². The Morgan fingerprint density at radius 1 is 1.47 bits per heavy atom. The molecule has 2 N–H and O–H groups in total. The Bertz CT molecular complexity index is 413. The molecular weight excluding hydrogens is 196 g/mol. The lowest BCUT2D eigenvalue weighted by Crippen LogP contribution is -2.05. The van der Waals surface area contributed by atoms with Gasteiger partial charge in [-0.1, -0.05) is 0 Å². The number of esters is 1. The minimum absolute atomic E-state index is 0.323. The molecule has 0 fully saturated rings. The van der Waals surface area contributed by atoms with E-state index in [4.69, 9.17) is 5.73 Å². The molecule has 0 bridgehead atoms. The molecule has 0 aliphatic heterocycles. The monoisotopic (exact) mass is 206 g/mol. The topological polar surface area (TPSA) is 82.3 Å². The van der Waals surface area contributed by atoms with Gasteiger partial charge in [0.2, 0.25) is 5.91 Å². The highest BCUT2D eigenvalue weighted by molar-refractivity contribution is 5.92. The first-order valence-electron chi connectivity index (χ1n) is 4.14. The molecule has 0 radical (unpaired) electrons. The van der Waals surface area contributed by atoms with Gasteiger partial charge in [-0.2, -0.15) is 0 Å². The zero-order chi connectivity index (χ0) is 11.3. The number of rotatable bonds is 3. The molecule has 1 heterocycles. The van der Waals surface area contributed by atoms with Crippen molar-refractivity contribution in [1.29, 1.82) is 0 Å². The number of aromatic nitrogens is 1. The highest BCUT2D eigenvalue weighted by Gasteiger charge is 2.04. The smallest absolute Gasteiger partial charge is 0.339 e. The van der Waals surface area contributed by atoms with E-state index in [2.05, 4.69) is 9.72 Å². The third kappa shape index (κ3) is 3.22. The second-order valence-corrected chi connectivity index (χ2v) is 2.73. The molecule has 78 valence electrons. The van der Waals surface area contributed by atoms with Gasteiger partial charge in [0.25, 0.3) is 0 Å². The maximum absolute atomic E-state index is 11.1. The molecule has 0 saturated carbocycles. The van der Waals surface area contributed by atoms with E-state index in [0.29, 0.717) is 11.1 Å². The van der Waals surface area contributed by atoms with Crippen LogP contribution in [0.15, 0.2) is 24.5 Å². The first-order chi connectivity index (χ1) is 7.13. The van der Waals surface area contributed by atoms with E-state index in [-0.39, 0.29) is 0 Å². The summed E-state index contributed by atoms with van der Waals surface area (Å²) in [6.07, 6.45) is 5.55. The molecule has 0 aliphatic rings. The van der Waals surface area contributed by atoms with E-state index in [1.165, 1.54) is 31.7 Å². The van der Waals surface area contributed by atoms with Gasteiger partial charge >= 0.3 is 5.97 Å². The SMILES string of the molecule is COC(=O)c1cncc(C=CC(N)=O)c1. The lowest BCUT2D eigenvalue weighted by atomic mass is 10.2. The van der Waals surface area contributed by atoms with Gasteiger partial charge in [0.1, 0.15) is 0 Å². The summed E-state index contributed by atoms with van der Waals surface area (Å²) in [6.45, 7) is 0. The number of hydrogen-bond donors (Lipinski definition) is 1. The van der Waals surface area contributed by atoms with Gasteiger partial charge in [-0.3, -0.25) is 9.78 Å². The Morgan fingerprint density at radius 2 is 2.20 bits per heavy atom. The summed E-state index contributed by atoms with van der Waals surface area (Å²) in [4.78, 5) is 25.4. The van der Waals surface area contributed by atoms with E-state index < -0.39 is 11.9 Å². The molecule has 0 aliphatic carbocycles. The van der Waals surface area contributed by atoms with Crippen LogP contribution in [-0.4, -0.2) is 24.0 Å². The Balaban J connectivity index is 2.92. The second kappa shape index (κ2) is 4.90. The van der Waals surface area contributed by atoms with Crippen molar-refractivity contribution in [2.75, 3.05) is 7.11 Å². The molecule has 15 heavy (non-hydrogen) atoms. The van der Waals surface area contributed by atoms with Gasteiger partial charge in [0.05, 0.1) is 12.7 Å². The van der Waals surface area contributed by atoms with Crippen molar-refractivity contribution < 1.29 is 14.3 Å². The molecule has 1 aromatic heterocycles. The van der Waals surface area contributed by atoms with E-state index >= 15 is 0 Å². The van der Waals surface area contributed by atoms with Crippen LogP contribution in [0.25, 0.3) is 6.08 Å². The number of methoxy groups -OCH3 is 1. The van der Waals surface area contributed by atoms with Crippen LogP contribution < -0.4 is 5.73 Å². The van der Waals surface area contributed by atoms with Crippen LogP contribution in [0.3, 0.4) is 0 Å². The first-order valence-corrected chi connectivity index (χ1v) is 4.14. The summed E-state index contributed by atoms with van der Waals surface area (Å²) in [5.41, 5.74) is 5.86. The first kappa shape index (κ1) is 10.9. The fourth-order valence-corrected chi connectivity index (χ4v) is 0.957. The van der Waals surface area contributed by atoms with Gasteiger partial charge in [-0.05, 0) is 17.7 Å². The van der Waals surface area contributed by atoms with Gasteiger partial charge in [-0.25, -0.2) is 4.79 Å². The minimum Gasteiger partial charge on any atom is -0.465 e. The molecule has 0 unspecified atom stereocenters. The van der Waals surface area contributed by atoms with Crippen molar-refractivity contribution in [3.8, 4) is 0 Å². The van der Waals surface area contributed by atoms with Crippen molar-refractivity contribution in [2.45, 2.75) is 0 Å². The number of primary amides is 1. The standard InChI is InChI=1S/C10H10N2O3/c1-15-10(14)8-4-7(5-12-6-8)2-3-9(11)13/h2-6H,1H3,(H2,11,13). The number of pyridine rings is 1. The molecule has 5 heteroatoms. The van der Waals surface area contributed by atoms with Crippen molar-refractivity contribution >= 4 is 18.0 Å². The van der Waals surface area contributed by atoms with E-state index in [0.717, 1.165) is 0 Å². The molecular formula is C10H10N2O3. The Kier molecular flexibility index (Phi) is 3.56. The van der Waals surface area contributed by atoms with Gasteiger partial charge in [-0.15, -0.1) is 0 Å². The largest absolute Gasteiger partial charge is 0.465 e. The summed E-state index contributed by atoms with van der Waals surface area (Å²) >= 11 is 0. The predicted octanol–water partition coefficient (Wildman–Crippen LogP) is 0.367. The maximum Gasteiger partial charge on any atom is 0.339 e. The Labute approximate surface area is 86.6 Å². The fraction of sp³-hybridized carbons (Fsp3) is 0.100. The molecule has 1 amide bonds. The number of amides is 1. The van der Waals surface area contributed by atoms with E-state index in [1.807, 2.05) is 0 Å². The average Bonchev–Trinajstić information content (AvgIpc) is 2.25. The van der Waals surface area contributed by atoms with Gasteiger partial charge < -0.3 is 10.5 Å². The third-order valence-electron chi connectivity index (χ3n) is 1.62. The van der Waals surface area contributed by atoms with E-state index in [9.17, 15) is 9.59 Å². The highest BCUT2D eigenvalue weighted by Crippen LogP contribution is 2.05. The van der Waals surface area contributed by atoms with Crippen LogP contribution in [0.4, 0.5) is 0 Å².